The molecule has 1 aliphatic heterocycles. The minimum absolute atomic E-state index is 0.889. The van der Waals surface area contributed by atoms with Crippen LogP contribution in [0.1, 0.15) is 19.3 Å². The van der Waals surface area contributed by atoms with Crippen molar-refractivity contribution < 1.29 is 0 Å². The molecule has 2 N–H and O–H groups in total. The van der Waals surface area contributed by atoms with Gasteiger partial charge >= 0.3 is 0 Å². The Labute approximate surface area is 101 Å². The molecule has 0 radical (unpaired) electrons. The zero-order valence-electron chi connectivity index (χ0n) is 9.48. The second-order valence-electron chi connectivity index (χ2n) is 4.82. The molecule has 0 spiro atoms. The van der Waals surface area contributed by atoms with Crippen molar-refractivity contribution in [1.29, 1.82) is 0 Å². The number of rotatable bonds is 2. The molecule has 1 aliphatic carbocycles. The van der Waals surface area contributed by atoms with E-state index in [1.165, 1.54) is 48.7 Å². The van der Waals surface area contributed by atoms with Gasteiger partial charge in [-0.05, 0) is 37.0 Å². The number of fused-ring (bicyclic) bond motifs is 1. The summed E-state index contributed by atoms with van der Waals surface area (Å²) in [6.45, 7) is 2.41. The molecule has 2 nitrogen and oxygen atoms in total. The lowest BCUT2D eigenvalue weighted by Gasteiger charge is -2.37. The first kappa shape index (κ1) is 10.3. The summed E-state index contributed by atoms with van der Waals surface area (Å²) in [4.78, 5) is 3.94. The van der Waals surface area contributed by atoms with Crippen LogP contribution in [0.15, 0.2) is 23.1 Å². The van der Waals surface area contributed by atoms with Gasteiger partial charge in [0.25, 0.3) is 0 Å². The Morgan fingerprint density at radius 2 is 2.25 bits per heavy atom. The van der Waals surface area contributed by atoms with Crippen LogP contribution in [0, 0.1) is 5.92 Å². The summed E-state index contributed by atoms with van der Waals surface area (Å²) >= 11 is 1.96. The van der Waals surface area contributed by atoms with Crippen LogP contribution in [0.2, 0.25) is 0 Å². The first-order valence-electron chi connectivity index (χ1n) is 6.10. The Morgan fingerprint density at radius 1 is 1.38 bits per heavy atom. The van der Waals surface area contributed by atoms with Crippen molar-refractivity contribution in [2.24, 2.45) is 5.92 Å². The van der Waals surface area contributed by atoms with Gasteiger partial charge in [0, 0.05) is 29.4 Å². The quantitative estimate of drug-likeness (QED) is 0.798. The molecule has 16 heavy (non-hydrogen) atoms. The summed E-state index contributed by atoms with van der Waals surface area (Å²) < 4.78 is 0. The third kappa shape index (κ3) is 1.88. The molecule has 86 valence electrons. The molecule has 3 rings (SSSR count). The van der Waals surface area contributed by atoms with Gasteiger partial charge in [-0.3, -0.25) is 0 Å². The summed E-state index contributed by atoms with van der Waals surface area (Å²) in [5.74, 6) is 2.14. The highest BCUT2D eigenvalue weighted by atomic mass is 32.2. The van der Waals surface area contributed by atoms with Gasteiger partial charge in [-0.2, -0.15) is 0 Å². The average molecular weight is 234 g/mol. The van der Waals surface area contributed by atoms with Gasteiger partial charge in [0.05, 0.1) is 5.69 Å². The van der Waals surface area contributed by atoms with Gasteiger partial charge < -0.3 is 10.6 Å². The number of nitrogens with zero attached hydrogens (tertiary/aromatic N) is 1. The third-order valence-corrected chi connectivity index (χ3v) is 4.69. The molecule has 0 unspecified atom stereocenters. The molecule has 0 aromatic heterocycles. The van der Waals surface area contributed by atoms with Crippen LogP contribution in [0.3, 0.4) is 0 Å². The minimum Gasteiger partial charge on any atom is -0.399 e. The van der Waals surface area contributed by atoms with Crippen LogP contribution in [0.4, 0.5) is 11.4 Å². The first-order valence-corrected chi connectivity index (χ1v) is 7.09. The van der Waals surface area contributed by atoms with Gasteiger partial charge in [0.15, 0.2) is 0 Å². The smallest absolute Gasteiger partial charge is 0.0525 e. The van der Waals surface area contributed by atoms with E-state index in [4.69, 9.17) is 5.73 Å². The van der Waals surface area contributed by atoms with E-state index in [1.807, 2.05) is 17.8 Å². The fraction of sp³-hybridized carbons (Fsp3) is 0.538. The zero-order chi connectivity index (χ0) is 11.0. The fourth-order valence-corrected chi connectivity index (χ4v) is 3.50. The van der Waals surface area contributed by atoms with E-state index in [0.29, 0.717) is 0 Å². The summed E-state index contributed by atoms with van der Waals surface area (Å²) in [5.41, 5.74) is 8.14. The SMILES string of the molecule is Nc1ccc2c(c1)N(CC1CCC1)CCS2. The number of hydrogen-bond donors (Lipinski definition) is 1. The van der Waals surface area contributed by atoms with Gasteiger partial charge in [-0.15, -0.1) is 11.8 Å². The molecule has 1 fully saturated rings. The second kappa shape index (κ2) is 4.21. The molecule has 1 aromatic rings. The number of anilines is 2. The van der Waals surface area contributed by atoms with Crippen molar-refractivity contribution >= 4 is 23.1 Å². The van der Waals surface area contributed by atoms with Gasteiger partial charge in [0.1, 0.15) is 0 Å². The molecule has 0 amide bonds. The molecule has 1 heterocycles. The van der Waals surface area contributed by atoms with E-state index in [-0.39, 0.29) is 0 Å². The van der Waals surface area contributed by atoms with Crippen molar-refractivity contribution in [2.45, 2.75) is 24.2 Å². The lowest BCUT2D eigenvalue weighted by atomic mass is 9.85. The number of benzene rings is 1. The van der Waals surface area contributed by atoms with E-state index < -0.39 is 0 Å². The van der Waals surface area contributed by atoms with E-state index >= 15 is 0 Å². The Hall–Kier alpha value is -0.830. The Kier molecular flexibility index (Phi) is 2.72. The summed E-state index contributed by atoms with van der Waals surface area (Å²) in [6, 6.07) is 6.32. The normalized spacial score (nSPS) is 20.4. The number of nitrogens with two attached hydrogens (primary N) is 1. The monoisotopic (exact) mass is 234 g/mol. The number of thioether (sulfide) groups is 1. The standard InChI is InChI=1S/C13H18N2S/c14-11-4-5-13-12(8-11)15(6-7-16-13)9-10-2-1-3-10/h4-5,8,10H,1-3,6-7,9,14H2. The molecular formula is C13H18N2S. The van der Waals surface area contributed by atoms with E-state index in [1.54, 1.807) is 0 Å². The van der Waals surface area contributed by atoms with Gasteiger partial charge in [0.2, 0.25) is 0 Å². The Morgan fingerprint density at radius 3 is 3.00 bits per heavy atom. The highest BCUT2D eigenvalue weighted by molar-refractivity contribution is 7.99. The number of hydrogen-bond acceptors (Lipinski definition) is 3. The Bertz CT molecular complexity index is 388. The second-order valence-corrected chi connectivity index (χ2v) is 5.96. The predicted molar refractivity (Wildman–Crippen MR) is 71.1 cm³/mol. The van der Waals surface area contributed by atoms with E-state index in [0.717, 1.165) is 11.6 Å². The van der Waals surface area contributed by atoms with Gasteiger partial charge in [-0.1, -0.05) is 6.42 Å². The van der Waals surface area contributed by atoms with Gasteiger partial charge in [-0.25, -0.2) is 0 Å². The minimum atomic E-state index is 0.889. The molecule has 1 aromatic carbocycles. The van der Waals surface area contributed by atoms with E-state index in [2.05, 4.69) is 17.0 Å². The van der Waals surface area contributed by atoms with Crippen LogP contribution in [-0.4, -0.2) is 18.8 Å². The maximum absolute atomic E-state index is 5.89. The van der Waals surface area contributed by atoms with Crippen molar-refractivity contribution in [3.63, 3.8) is 0 Å². The highest BCUT2D eigenvalue weighted by Gasteiger charge is 2.24. The maximum atomic E-state index is 5.89. The molecule has 1 saturated carbocycles. The summed E-state index contributed by atoms with van der Waals surface area (Å²) in [6.07, 6.45) is 4.26. The van der Waals surface area contributed by atoms with E-state index in [9.17, 15) is 0 Å². The largest absolute Gasteiger partial charge is 0.399 e. The Balaban J connectivity index is 1.83. The number of nitrogen functional groups attached to an aromatic ring is 1. The molecule has 0 bridgehead atoms. The molecular weight excluding hydrogens is 216 g/mol. The van der Waals surface area contributed by atoms with Crippen LogP contribution in [-0.2, 0) is 0 Å². The molecule has 0 saturated heterocycles. The molecule has 3 heteroatoms. The first-order chi connectivity index (χ1) is 7.83. The topological polar surface area (TPSA) is 29.3 Å². The lowest BCUT2D eigenvalue weighted by Crippen LogP contribution is -2.36. The van der Waals surface area contributed by atoms with Crippen molar-refractivity contribution in [2.75, 3.05) is 29.5 Å². The molecule has 0 atom stereocenters. The lowest BCUT2D eigenvalue weighted by molar-refractivity contribution is 0.318. The third-order valence-electron chi connectivity index (χ3n) is 3.65. The summed E-state index contributed by atoms with van der Waals surface area (Å²) in [5, 5.41) is 0. The van der Waals surface area contributed by atoms with Crippen LogP contribution in [0.25, 0.3) is 0 Å². The van der Waals surface area contributed by atoms with Crippen molar-refractivity contribution in [1.82, 2.24) is 0 Å². The van der Waals surface area contributed by atoms with Crippen LogP contribution >= 0.6 is 11.8 Å². The zero-order valence-corrected chi connectivity index (χ0v) is 10.3. The average Bonchev–Trinajstić information content (AvgIpc) is 2.23. The van der Waals surface area contributed by atoms with Crippen molar-refractivity contribution in [3.8, 4) is 0 Å². The highest BCUT2D eigenvalue weighted by Crippen LogP contribution is 2.38. The fourth-order valence-electron chi connectivity index (χ4n) is 2.47. The summed E-state index contributed by atoms with van der Waals surface area (Å²) in [7, 11) is 0. The van der Waals surface area contributed by atoms with Crippen LogP contribution < -0.4 is 10.6 Å². The maximum Gasteiger partial charge on any atom is 0.0525 e. The van der Waals surface area contributed by atoms with Crippen LogP contribution in [0.5, 0.6) is 0 Å². The van der Waals surface area contributed by atoms with Crippen molar-refractivity contribution in [3.05, 3.63) is 18.2 Å². The predicted octanol–water partition coefficient (Wildman–Crippen LogP) is 2.98. The molecule has 2 aliphatic rings.